The number of aromatic nitrogens is 2. The fraction of sp³-hybridized carbons (Fsp3) is 0.750. The molecule has 0 amide bonds. The molecule has 16 heavy (non-hydrogen) atoms. The maximum atomic E-state index is 5.96. The molecule has 88 valence electrons. The Morgan fingerprint density at radius 3 is 3.00 bits per heavy atom. The Morgan fingerprint density at radius 2 is 2.31 bits per heavy atom. The largest absolute Gasteiger partial charge is 0.376 e. The highest BCUT2D eigenvalue weighted by Gasteiger charge is 2.41. The number of nitrogens with two attached hydrogens (primary N) is 1. The quantitative estimate of drug-likeness (QED) is 0.844. The van der Waals surface area contributed by atoms with Gasteiger partial charge < -0.3 is 15.0 Å². The molecule has 2 N–H and O–H groups in total. The molecule has 0 spiro atoms. The van der Waals surface area contributed by atoms with Crippen molar-refractivity contribution in [2.75, 3.05) is 6.61 Å². The zero-order valence-electron chi connectivity index (χ0n) is 9.67. The van der Waals surface area contributed by atoms with Crippen LogP contribution in [0, 0.1) is 5.92 Å². The molecule has 0 aromatic carbocycles. The van der Waals surface area contributed by atoms with Crippen LogP contribution in [0.25, 0.3) is 0 Å². The average Bonchev–Trinajstić information content (AvgIpc) is 2.82. The summed E-state index contributed by atoms with van der Waals surface area (Å²) in [4.78, 5) is 4.23. The van der Waals surface area contributed by atoms with Crippen molar-refractivity contribution in [1.82, 2.24) is 9.55 Å². The van der Waals surface area contributed by atoms with E-state index < -0.39 is 0 Å². The van der Waals surface area contributed by atoms with Gasteiger partial charge in [-0.2, -0.15) is 0 Å². The molecule has 4 nitrogen and oxygen atoms in total. The molecular weight excluding hydrogens is 202 g/mol. The molecule has 0 bridgehead atoms. The summed E-state index contributed by atoms with van der Waals surface area (Å²) >= 11 is 0. The highest BCUT2D eigenvalue weighted by Crippen LogP contribution is 2.43. The van der Waals surface area contributed by atoms with Gasteiger partial charge in [-0.1, -0.05) is 0 Å². The molecule has 1 saturated heterocycles. The van der Waals surface area contributed by atoms with E-state index in [0.717, 1.165) is 24.6 Å². The summed E-state index contributed by atoms with van der Waals surface area (Å²) in [6, 6.07) is 0.499. The average molecular weight is 221 g/mol. The molecule has 2 heterocycles. The second-order valence-corrected chi connectivity index (χ2v) is 5.04. The van der Waals surface area contributed by atoms with Crippen molar-refractivity contribution in [3.8, 4) is 0 Å². The van der Waals surface area contributed by atoms with Crippen LogP contribution < -0.4 is 5.73 Å². The minimum absolute atomic E-state index is 0.0444. The molecular formula is C12H19N3O. The van der Waals surface area contributed by atoms with E-state index in [9.17, 15) is 0 Å². The SMILES string of the molecule is C[C@@H](N)c1cncn1C1CCOC1C1CC1. The van der Waals surface area contributed by atoms with Crippen LogP contribution in [0.1, 0.15) is 44.0 Å². The van der Waals surface area contributed by atoms with Crippen LogP contribution in [-0.2, 0) is 4.74 Å². The molecule has 1 aromatic heterocycles. The van der Waals surface area contributed by atoms with E-state index in [1.807, 2.05) is 19.4 Å². The first-order valence-corrected chi connectivity index (χ1v) is 6.16. The lowest BCUT2D eigenvalue weighted by Gasteiger charge is -2.22. The predicted octanol–water partition coefficient (Wildman–Crippen LogP) is 1.64. The zero-order chi connectivity index (χ0) is 11.1. The fourth-order valence-corrected chi connectivity index (χ4v) is 2.72. The van der Waals surface area contributed by atoms with Crippen LogP contribution in [0.15, 0.2) is 12.5 Å². The maximum absolute atomic E-state index is 5.96. The molecule has 3 rings (SSSR count). The van der Waals surface area contributed by atoms with Crippen molar-refractivity contribution in [2.45, 2.75) is 44.4 Å². The summed E-state index contributed by atoms with van der Waals surface area (Å²) in [5, 5.41) is 0. The van der Waals surface area contributed by atoms with Gasteiger partial charge in [0, 0.05) is 18.8 Å². The first-order valence-electron chi connectivity index (χ1n) is 6.16. The monoisotopic (exact) mass is 221 g/mol. The Bertz CT molecular complexity index is 370. The summed E-state index contributed by atoms with van der Waals surface area (Å²) in [6.07, 6.45) is 7.93. The lowest BCUT2D eigenvalue weighted by Crippen LogP contribution is -2.24. The Labute approximate surface area is 95.8 Å². The van der Waals surface area contributed by atoms with Crippen LogP contribution in [0.4, 0.5) is 0 Å². The summed E-state index contributed by atoms with van der Waals surface area (Å²) in [5.41, 5.74) is 7.09. The zero-order valence-corrected chi connectivity index (χ0v) is 9.67. The molecule has 1 aliphatic heterocycles. The van der Waals surface area contributed by atoms with Crippen LogP contribution in [0.3, 0.4) is 0 Å². The topological polar surface area (TPSA) is 53.1 Å². The Balaban J connectivity index is 1.87. The van der Waals surface area contributed by atoms with Gasteiger partial charge in [0.2, 0.25) is 0 Å². The maximum Gasteiger partial charge on any atom is 0.0952 e. The van der Waals surface area contributed by atoms with Gasteiger partial charge in [0.15, 0.2) is 0 Å². The van der Waals surface area contributed by atoms with Crippen molar-refractivity contribution in [1.29, 1.82) is 0 Å². The van der Waals surface area contributed by atoms with E-state index >= 15 is 0 Å². The molecule has 1 aliphatic carbocycles. The summed E-state index contributed by atoms with van der Waals surface area (Å²) < 4.78 is 8.10. The van der Waals surface area contributed by atoms with Crippen molar-refractivity contribution in [2.24, 2.45) is 11.7 Å². The van der Waals surface area contributed by atoms with Crippen molar-refractivity contribution in [3.63, 3.8) is 0 Å². The normalized spacial score (nSPS) is 31.9. The van der Waals surface area contributed by atoms with Crippen molar-refractivity contribution in [3.05, 3.63) is 18.2 Å². The second-order valence-electron chi connectivity index (χ2n) is 5.04. The number of nitrogens with zero attached hydrogens (tertiary/aromatic N) is 2. The van der Waals surface area contributed by atoms with Gasteiger partial charge in [-0.15, -0.1) is 0 Å². The molecule has 2 fully saturated rings. The predicted molar refractivity (Wildman–Crippen MR) is 60.9 cm³/mol. The van der Waals surface area contributed by atoms with Crippen molar-refractivity contribution >= 4 is 0 Å². The molecule has 2 aliphatic rings. The smallest absolute Gasteiger partial charge is 0.0952 e. The standard InChI is InChI=1S/C12H19N3O/c1-8(13)11-6-14-7-15(11)10-4-5-16-12(10)9-2-3-9/h6-10,12H,2-5,13H2,1H3/t8-,10?,12?/m1/s1. The van der Waals surface area contributed by atoms with E-state index in [4.69, 9.17) is 10.5 Å². The highest BCUT2D eigenvalue weighted by atomic mass is 16.5. The van der Waals surface area contributed by atoms with Crippen LogP contribution in [0.2, 0.25) is 0 Å². The third-order valence-corrected chi connectivity index (χ3v) is 3.71. The molecule has 0 radical (unpaired) electrons. The van der Waals surface area contributed by atoms with E-state index in [1.54, 1.807) is 0 Å². The number of hydrogen-bond acceptors (Lipinski definition) is 3. The van der Waals surface area contributed by atoms with Crippen LogP contribution >= 0.6 is 0 Å². The van der Waals surface area contributed by atoms with E-state index in [0.29, 0.717) is 12.1 Å². The second kappa shape index (κ2) is 3.86. The van der Waals surface area contributed by atoms with E-state index in [1.165, 1.54) is 12.8 Å². The fourth-order valence-electron chi connectivity index (χ4n) is 2.72. The third-order valence-electron chi connectivity index (χ3n) is 3.71. The van der Waals surface area contributed by atoms with Gasteiger partial charge in [0.05, 0.1) is 24.2 Å². The van der Waals surface area contributed by atoms with Gasteiger partial charge in [-0.3, -0.25) is 0 Å². The lowest BCUT2D eigenvalue weighted by atomic mass is 10.1. The minimum Gasteiger partial charge on any atom is -0.376 e. The molecule has 4 heteroatoms. The number of hydrogen-bond donors (Lipinski definition) is 1. The van der Waals surface area contributed by atoms with Gasteiger partial charge in [-0.25, -0.2) is 4.98 Å². The van der Waals surface area contributed by atoms with Crippen molar-refractivity contribution < 1.29 is 4.74 Å². The van der Waals surface area contributed by atoms with E-state index in [2.05, 4.69) is 9.55 Å². The number of ether oxygens (including phenoxy) is 1. The summed E-state index contributed by atoms with van der Waals surface area (Å²) in [5.74, 6) is 0.774. The van der Waals surface area contributed by atoms with Gasteiger partial charge >= 0.3 is 0 Å². The van der Waals surface area contributed by atoms with Gasteiger partial charge in [0.25, 0.3) is 0 Å². The summed E-state index contributed by atoms with van der Waals surface area (Å²) in [6.45, 7) is 2.89. The number of imidazole rings is 1. The number of rotatable bonds is 3. The lowest BCUT2D eigenvalue weighted by molar-refractivity contribution is 0.0744. The Morgan fingerprint density at radius 1 is 1.50 bits per heavy atom. The highest BCUT2D eigenvalue weighted by molar-refractivity contribution is 5.07. The Hall–Kier alpha value is -0.870. The summed E-state index contributed by atoms with van der Waals surface area (Å²) in [7, 11) is 0. The van der Waals surface area contributed by atoms with Gasteiger partial charge in [-0.05, 0) is 32.1 Å². The minimum atomic E-state index is 0.0444. The molecule has 1 saturated carbocycles. The van der Waals surface area contributed by atoms with Crippen LogP contribution in [0.5, 0.6) is 0 Å². The third kappa shape index (κ3) is 1.66. The first kappa shape index (κ1) is 10.3. The van der Waals surface area contributed by atoms with Crippen LogP contribution in [-0.4, -0.2) is 22.3 Å². The first-order chi connectivity index (χ1) is 7.77. The van der Waals surface area contributed by atoms with Gasteiger partial charge in [0.1, 0.15) is 0 Å². The Kier molecular flexibility index (Phi) is 2.48. The molecule has 1 aromatic rings. The van der Waals surface area contributed by atoms with E-state index in [-0.39, 0.29) is 6.04 Å². The molecule has 2 unspecified atom stereocenters. The molecule has 3 atom stereocenters.